The minimum absolute atomic E-state index is 0.128. The molecule has 2 aromatic rings. The van der Waals surface area contributed by atoms with Gasteiger partial charge in [0.1, 0.15) is 21.1 Å². The molecule has 184 valence electrons. The van der Waals surface area contributed by atoms with Crippen molar-refractivity contribution in [2.24, 2.45) is 0 Å². The highest BCUT2D eigenvalue weighted by Gasteiger charge is 2.20. The Morgan fingerprint density at radius 2 is 1.74 bits per heavy atom. The molecule has 0 radical (unpaired) electrons. The second-order valence-electron chi connectivity index (χ2n) is 8.35. The lowest BCUT2D eigenvalue weighted by atomic mass is 9.93. The summed E-state index contributed by atoms with van der Waals surface area (Å²) in [6.07, 6.45) is 2.79. The SMILES string of the molecule is Bc1cc(OC)c(OCCF)c(C(=O)NCCCCN2CCc3cc(OC)c(OC)cc3C2)c1. The summed E-state index contributed by atoms with van der Waals surface area (Å²) in [5, 5.41) is 2.96. The number of hydrogen-bond donors (Lipinski definition) is 1. The summed E-state index contributed by atoms with van der Waals surface area (Å²) in [4.78, 5) is 15.2. The van der Waals surface area contributed by atoms with Gasteiger partial charge in [-0.05, 0) is 55.1 Å². The first-order valence-electron chi connectivity index (χ1n) is 11.6. The Hall–Kier alpha value is -2.94. The van der Waals surface area contributed by atoms with E-state index in [1.807, 2.05) is 7.85 Å². The van der Waals surface area contributed by atoms with Crippen LogP contribution in [-0.2, 0) is 13.0 Å². The number of amides is 1. The maximum absolute atomic E-state index is 12.8. The number of rotatable bonds is 12. The van der Waals surface area contributed by atoms with Crippen LogP contribution in [0.15, 0.2) is 24.3 Å². The molecule has 9 heteroatoms. The van der Waals surface area contributed by atoms with Crippen LogP contribution in [0.3, 0.4) is 0 Å². The van der Waals surface area contributed by atoms with Crippen molar-refractivity contribution in [3.63, 3.8) is 0 Å². The second kappa shape index (κ2) is 12.5. The van der Waals surface area contributed by atoms with Gasteiger partial charge in [-0.25, -0.2) is 4.39 Å². The van der Waals surface area contributed by atoms with Crippen molar-refractivity contribution in [3.05, 3.63) is 41.0 Å². The molecule has 34 heavy (non-hydrogen) atoms. The molecule has 2 aromatic carbocycles. The molecule has 7 nitrogen and oxygen atoms in total. The van der Waals surface area contributed by atoms with Gasteiger partial charge in [0, 0.05) is 19.6 Å². The highest BCUT2D eigenvalue weighted by Crippen LogP contribution is 2.33. The van der Waals surface area contributed by atoms with Crippen molar-refractivity contribution < 1.29 is 28.1 Å². The van der Waals surface area contributed by atoms with Crippen LogP contribution in [0.1, 0.15) is 34.3 Å². The number of ether oxygens (including phenoxy) is 4. The second-order valence-corrected chi connectivity index (χ2v) is 8.35. The predicted molar refractivity (Wildman–Crippen MR) is 133 cm³/mol. The van der Waals surface area contributed by atoms with Crippen molar-refractivity contribution in [1.82, 2.24) is 10.2 Å². The molecular formula is C25H34BFN2O5. The van der Waals surface area contributed by atoms with E-state index in [1.54, 1.807) is 26.4 Å². The number of benzene rings is 2. The Kier molecular flexibility index (Phi) is 9.45. The summed E-state index contributed by atoms with van der Waals surface area (Å²) < 4.78 is 34.3. The van der Waals surface area contributed by atoms with Gasteiger partial charge in [-0.3, -0.25) is 9.69 Å². The fourth-order valence-electron chi connectivity index (χ4n) is 4.24. The molecule has 0 aliphatic carbocycles. The molecule has 0 unspecified atom stereocenters. The van der Waals surface area contributed by atoms with Gasteiger partial charge in [-0.15, -0.1) is 0 Å². The number of alkyl halides is 1. The van der Waals surface area contributed by atoms with E-state index in [0.29, 0.717) is 17.9 Å². The minimum Gasteiger partial charge on any atom is -0.493 e. The zero-order valence-corrected chi connectivity index (χ0v) is 20.5. The van der Waals surface area contributed by atoms with E-state index in [4.69, 9.17) is 18.9 Å². The number of fused-ring (bicyclic) bond motifs is 1. The molecule has 3 rings (SSSR count). The number of unbranched alkanes of at least 4 members (excludes halogenated alkanes) is 1. The Morgan fingerprint density at radius 1 is 1.03 bits per heavy atom. The maximum Gasteiger partial charge on any atom is 0.255 e. The summed E-state index contributed by atoms with van der Waals surface area (Å²) in [5.74, 6) is 1.99. The third-order valence-corrected chi connectivity index (χ3v) is 5.97. The molecule has 1 N–H and O–H groups in total. The number of nitrogens with one attached hydrogen (secondary N) is 1. The van der Waals surface area contributed by atoms with Gasteiger partial charge >= 0.3 is 0 Å². The molecule has 0 fully saturated rings. The van der Waals surface area contributed by atoms with Crippen LogP contribution in [0.5, 0.6) is 23.0 Å². The summed E-state index contributed by atoms with van der Waals surface area (Å²) in [7, 11) is 6.69. The smallest absolute Gasteiger partial charge is 0.255 e. The van der Waals surface area contributed by atoms with Crippen molar-refractivity contribution >= 4 is 19.2 Å². The van der Waals surface area contributed by atoms with Crippen LogP contribution in [0, 0.1) is 0 Å². The molecule has 0 saturated heterocycles. The lowest BCUT2D eigenvalue weighted by Crippen LogP contribution is -2.32. The first-order valence-corrected chi connectivity index (χ1v) is 11.6. The Morgan fingerprint density at radius 3 is 2.41 bits per heavy atom. The fraction of sp³-hybridized carbons (Fsp3) is 0.480. The van der Waals surface area contributed by atoms with Crippen LogP contribution in [0.4, 0.5) is 4.39 Å². The lowest BCUT2D eigenvalue weighted by Gasteiger charge is -2.29. The molecule has 0 saturated carbocycles. The molecule has 0 bridgehead atoms. The third-order valence-electron chi connectivity index (χ3n) is 5.97. The van der Waals surface area contributed by atoms with Crippen molar-refractivity contribution in [1.29, 1.82) is 0 Å². The predicted octanol–water partition coefficient (Wildman–Crippen LogP) is 1.89. The number of methoxy groups -OCH3 is 3. The molecule has 1 aliphatic rings. The number of carbonyl (C=O) groups excluding carboxylic acids is 1. The highest BCUT2D eigenvalue weighted by molar-refractivity contribution is 6.33. The Bertz CT molecular complexity index is 988. The average molecular weight is 472 g/mol. The summed E-state index contributed by atoms with van der Waals surface area (Å²) in [6, 6.07) is 7.65. The zero-order chi connectivity index (χ0) is 24.5. The van der Waals surface area contributed by atoms with Gasteiger partial charge in [0.05, 0.1) is 26.9 Å². The number of nitrogens with zero attached hydrogens (tertiary/aromatic N) is 1. The molecule has 0 aromatic heterocycles. The van der Waals surface area contributed by atoms with Crippen LogP contribution in [0.2, 0.25) is 0 Å². The molecular weight excluding hydrogens is 438 g/mol. The summed E-state index contributed by atoms with van der Waals surface area (Å²) >= 11 is 0. The highest BCUT2D eigenvalue weighted by atomic mass is 19.1. The number of halogens is 1. The van der Waals surface area contributed by atoms with Gasteiger partial charge in [0.15, 0.2) is 23.0 Å². The van der Waals surface area contributed by atoms with E-state index in [-0.39, 0.29) is 18.3 Å². The van der Waals surface area contributed by atoms with E-state index >= 15 is 0 Å². The van der Waals surface area contributed by atoms with E-state index in [9.17, 15) is 9.18 Å². The van der Waals surface area contributed by atoms with Crippen LogP contribution >= 0.6 is 0 Å². The van der Waals surface area contributed by atoms with Crippen LogP contribution in [0.25, 0.3) is 0 Å². The molecule has 1 aliphatic heterocycles. The Balaban J connectivity index is 1.49. The summed E-state index contributed by atoms with van der Waals surface area (Å²) in [5.41, 5.74) is 3.81. The van der Waals surface area contributed by atoms with Gasteiger partial charge in [-0.1, -0.05) is 11.5 Å². The normalized spacial score (nSPS) is 13.2. The molecule has 0 atom stereocenters. The van der Waals surface area contributed by atoms with Crippen LogP contribution < -0.4 is 29.7 Å². The van der Waals surface area contributed by atoms with Crippen molar-refractivity contribution in [2.75, 3.05) is 54.2 Å². The van der Waals surface area contributed by atoms with Crippen molar-refractivity contribution in [3.8, 4) is 23.0 Å². The quantitative estimate of drug-likeness (QED) is 0.376. The zero-order valence-electron chi connectivity index (χ0n) is 20.5. The largest absolute Gasteiger partial charge is 0.493 e. The van der Waals surface area contributed by atoms with Gasteiger partial charge in [-0.2, -0.15) is 0 Å². The van der Waals surface area contributed by atoms with Crippen LogP contribution in [-0.4, -0.2) is 72.9 Å². The monoisotopic (exact) mass is 472 g/mol. The van der Waals surface area contributed by atoms with E-state index in [0.717, 1.165) is 55.9 Å². The fourth-order valence-corrected chi connectivity index (χ4v) is 4.24. The van der Waals surface area contributed by atoms with Gasteiger partial charge < -0.3 is 24.3 Å². The first-order chi connectivity index (χ1) is 16.5. The average Bonchev–Trinajstić information content (AvgIpc) is 2.85. The standard InChI is InChI=1S/C25H34BFN2O5/c1-31-21-12-17-6-10-29(16-18(17)13-22(21)32-2)9-5-4-8-28-25(30)20-14-19(26)15-23(33-3)24(20)34-11-7-27/h12-15H,4-11,16,26H2,1-3H3,(H,28,30). The van der Waals surface area contributed by atoms with Gasteiger partial charge in [0.25, 0.3) is 5.91 Å². The number of carbonyl (C=O) groups is 1. The minimum atomic E-state index is -0.639. The maximum atomic E-state index is 12.8. The summed E-state index contributed by atoms with van der Waals surface area (Å²) in [6.45, 7) is 2.60. The van der Waals surface area contributed by atoms with Gasteiger partial charge in [0.2, 0.25) is 0 Å². The first kappa shape index (κ1) is 25.7. The number of hydrogen-bond acceptors (Lipinski definition) is 6. The lowest BCUT2D eigenvalue weighted by molar-refractivity contribution is 0.0947. The van der Waals surface area contributed by atoms with E-state index < -0.39 is 6.67 Å². The third kappa shape index (κ3) is 6.35. The topological polar surface area (TPSA) is 69.3 Å². The molecule has 0 spiro atoms. The Labute approximate surface area is 201 Å². The van der Waals surface area contributed by atoms with E-state index in [1.165, 1.54) is 18.2 Å². The van der Waals surface area contributed by atoms with Crippen molar-refractivity contribution in [2.45, 2.75) is 25.8 Å². The molecule has 1 heterocycles. The molecule has 1 amide bonds. The van der Waals surface area contributed by atoms with E-state index in [2.05, 4.69) is 22.3 Å².